The summed E-state index contributed by atoms with van der Waals surface area (Å²) in [5.41, 5.74) is 17.9. The van der Waals surface area contributed by atoms with Crippen molar-refractivity contribution >= 4 is 62.8 Å². The van der Waals surface area contributed by atoms with Crippen molar-refractivity contribution in [3.8, 4) is 11.5 Å². The number of fused-ring (bicyclic) bond motifs is 2. The van der Waals surface area contributed by atoms with Gasteiger partial charge in [0.25, 0.3) is 11.8 Å². The summed E-state index contributed by atoms with van der Waals surface area (Å²) in [7, 11) is 0. The smallest absolute Gasteiger partial charge is 0.280 e. The molecule has 4 aromatic carbocycles. The molecule has 348 valence electrons. The van der Waals surface area contributed by atoms with Crippen LogP contribution in [0.3, 0.4) is 0 Å². The molecule has 2 amide bonds. The summed E-state index contributed by atoms with van der Waals surface area (Å²) in [4.78, 5) is 40.6. The van der Waals surface area contributed by atoms with Gasteiger partial charge in [0.2, 0.25) is 0 Å². The Balaban J connectivity index is 0.000000241. The van der Waals surface area contributed by atoms with E-state index in [2.05, 4.69) is 136 Å². The van der Waals surface area contributed by atoms with E-state index in [1.165, 1.54) is 27.6 Å². The zero-order valence-electron chi connectivity index (χ0n) is 38.8. The molecule has 6 N–H and O–H groups in total. The van der Waals surface area contributed by atoms with Gasteiger partial charge in [-0.05, 0) is 103 Å². The highest BCUT2D eigenvalue weighted by molar-refractivity contribution is 6.31. The van der Waals surface area contributed by atoms with Gasteiger partial charge >= 0.3 is 0 Å². The number of hydrogen-bond acceptors (Lipinski definition) is 10. The summed E-state index contributed by atoms with van der Waals surface area (Å²) in [6.07, 6.45) is 6.55. The van der Waals surface area contributed by atoms with Gasteiger partial charge in [0.15, 0.2) is 28.4 Å². The number of benzene rings is 4. The number of aryl methyl sites for hydroxylation is 2. The number of rotatable bonds is 11. The number of guanidine groups is 1. The fourth-order valence-corrected chi connectivity index (χ4v) is 8.70. The van der Waals surface area contributed by atoms with Gasteiger partial charge in [-0.15, -0.1) is 0 Å². The van der Waals surface area contributed by atoms with Crippen molar-refractivity contribution in [3.63, 3.8) is 0 Å². The maximum atomic E-state index is 13.7. The van der Waals surface area contributed by atoms with Crippen LogP contribution in [0, 0.1) is 6.92 Å². The Morgan fingerprint density at radius 1 is 0.791 bits per heavy atom. The van der Waals surface area contributed by atoms with Crippen molar-refractivity contribution < 1.29 is 19.1 Å². The molecule has 9 rings (SSSR count). The number of aromatic nitrogens is 4. The third kappa shape index (κ3) is 10.7. The lowest BCUT2D eigenvalue weighted by atomic mass is 9.87. The number of piperidine rings is 1. The lowest BCUT2D eigenvalue weighted by molar-refractivity contribution is 0.0670. The van der Waals surface area contributed by atoms with Gasteiger partial charge < -0.3 is 40.3 Å². The van der Waals surface area contributed by atoms with Crippen LogP contribution in [0.2, 0.25) is 5.15 Å². The third-order valence-corrected chi connectivity index (χ3v) is 12.9. The van der Waals surface area contributed by atoms with Crippen LogP contribution >= 0.6 is 11.6 Å². The standard InChI is InChI=1S/C33H38ClN9O3.C19H21NO/c1-32(2,3)20-7-9-21(10-8-20)46-18-17-42-14-11-22-23(5-4-6-24(22)42)30(45)43-15-12-33(13-16-43)19-37-31(41-33)40-29(44)25-27(35)39-28(36)26(34)38-25;1-3-16-7-9-17(10-8-16)21-14-13-20-12-11-18-15(2)5-4-6-19(18)20/h4-11,14H,12-13,15-19H2,1-3H3,(H4,35,36,39)(H2,37,40,41,44);4-12H,3,13-14H2,1-2H3. The average molecular weight is 924 g/mol. The maximum Gasteiger partial charge on any atom is 0.280 e. The lowest BCUT2D eigenvalue weighted by Gasteiger charge is -2.39. The van der Waals surface area contributed by atoms with E-state index in [0.717, 1.165) is 35.4 Å². The van der Waals surface area contributed by atoms with E-state index >= 15 is 0 Å². The number of nitrogen functional groups attached to an aromatic ring is 2. The molecule has 14 nitrogen and oxygen atoms in total. The summed E-state index contributed by atoms with van der Waals surface area (Å²) in [5, 5.41) is 8.17. The Morgan fingerprint density at radius 2 is 1.39 bits per heavy atom. The quantitative estimate of drug-likeness (QED) is 0.0989. The van der Waals surface area contributed by atoms with Gasteiger partial charge in [-0.2, -0.15) is 0 Å². The molecule has 2 aliphatic heterocycles. The van der Waals surface area contributed by atoms with Crippen LogP contribution in [0.5, 0.6) is 11.5 Å². The lowest BCUT2D eigenvalue weighted by Crippen LogP contribution is -2.57. The van der Waals surface area contributed by atoms with Crippen LogP contribution in [0.25, 0.3) is 21.8 Å². The zero-order valence-corrected chi connectivity index (χ0v) is 39.6. The fraction of sp³-hybridized carbons (Fsp3) is 0.327. The maximum absolute atomic E-state index is 13.7. The van der Waals surface area contributed by atoms with Crippen molar-refractivity contribution in [2.75, 3.05) is 44.3 Å². The number of amides is 2. The van der Waals surface area contributed by atoms with Crippen LogP contribution in [-0.2, 0) is 24.9 Å². The summed E-state index contributed by atoms with van der Waals surface area (Å²) >= 11 is 5.92. The van der Waals surface area contributed by atoms with Crippen LogP contribution < -0.4 is 31.6 Å². The Bertz CT molecular complexity index is 2910. The van der Waals surface area contributed by atoms with Gasteiger partial charge in [0, 0.05) is 52.9 Å². The largest absolute Gasteiger partial charge is 0.492 e. The van der Waals surface area contributed by atoms with Gasteiger partial charge in [-0.1, -0.05) is 81.8 Å². The molecule has 3 aromatic heterocycles. The fourth-order valence-electron chi connectivity index (χ4n) is 8.57. The molecular formula is C52H59ClN10O4. The predicted molar refractivity (Wildman–Crippen MR) is 267 cm³/mol. The van der Waals surface area contributed by atoms with Gasteiger partial charge in [0.05, 0.1) is 25.2 Å². The number of carbonyl (C=O) groups is 2. The van der Waals surface area contributed by atoms with Crippen LogP contribution in [0.15, 0.2) is 114 Å². The molecule has 0 unspecified atom stereocenters. The van der Waals surface area contributed by atoms with Crippen LogP contribution in [-0.4, -0.2) is 80.2 Å². The molecule has 2 aliphatic rings. The minimum Gasteiger partial charge on any atom is -0.492 e. The summed E-state index contributed by atoms with van der Waals surface area (Å²) in [5.74, 6) is 1.32. The number of nitrogens with zero attached hydrogens (tertiary/aromatic N) is 6. The minimum absolute atomic E-state index is 0.00453. The molecule has 5 heterocycles. The number of halogens is 1. The van der Waals surface area contributed by atoms with Crippen molar-refractivity contribution in [3.05, 3.63) is 143 Å². The molecule has 1 fully saturated rings. The topological polar surface area (TPSA) is 180 Å². The van der Waals surface area contributed by atoms with E-state index in [4.69, 9.17) is 32.5 Å². The monoisotopic (exact) mass is 922 g/mol. The highest BCUT2D eigenvalue weighted by Gasteiger charge is 2.40. The van der Waals surface area contributed by atoms with Crippen molar-refractivity contribution in [1.82, 2.24) is 34.6 Å². The second-order valence-electron chi connectivity index (χ2n) is 18.2. The molecule has 67 heavy (non-hydrogen) atoms. The Labute approximate surface area is 396 Å². The number of nitrogens with one attached hydrogen (secondary N) is 2. The second-order valence-corrected chi connectivity index (χ2v) is 18.5. The van der Waals surface area contributed by atoms with Crippen molar-refractivity contribution in [2.24, 2.45) is 4.99 Å². The molecule has 1 saturated heterocycles. The summed E-state index contributed by atoms with van der Waals surface area (Å²) < 4.78 is 16.2. The first kappa shape index (κ1) is 46.5. The number of aliphatic imine (C=N–C) groups is 1. The highest BCUT2D eigenvalue weighted by Crippen LogP contribution is 2.30. The summed E-state index contributed by atoms with van der Waals surface area (Å²) in [6, 6.07) is 33.1. The average Bonchev–Trinajstić information content (AvgIpc) is 4.05. The molecule has 7 aromatic rings. The molecule has 0 bridgehead atoms. The molecule has 0 saturated carbocycles. The molecule has 0 radical (unpaired) electrons. The second kappa shape index (κ2) is 19.8. The van der Waals surface area contributed by atoms with Gasteiger partial charge in [-0.3, -0.25) is 19.9 Å². The van der Waals surface area contributed by atoms with Crippen molar-refractivity contribution in [2.45, 2.75) is 77.9 Å². The Morgan fingerprint density at radius 3 is 2.01 bits per heavy atom. The van der Waals surface area contributed by atoms with E-state index in [-0.39, 0.29) is 39.3 Å². The molecule has 0 aliphatic carbocycles. The molecule has 0 atom stereocenters. The molecule has 15 heteroatoms. The number of ether oxygens (including phenoxy) is 2. The zero-order chi connectivity index (χ0) is 47.3. The minimum atomic E-state index is -0.593. The van der Waals surface area contributed by atoms with E-state index in [1.54, 1.807) is 0 Å². The number of anilines is 2. The number of hydrogen-bond donors (Lipinski definition) is 4. The van der Waals surface area contributed by atoms with Gasteiger partial charge in [-0.25, -0.2) is 9.97 Å². The Kier molecular flexibility index (Phi) is 13.7. The third-order valence-electron chi connectivity index (χ3n) is 12.6. The SMILES string of the molecule is CC(C)(C)c1ccc(OCCn2ccc3c(C(=O)N4CCC5(CC4)CN=C(NC(=O)c4nc(Cl)c(N)nc4N)N5)cccc32)cc1.CCc1ccc(OCCn2ccc3c(C)cccc32)cc1. The molecular weight excluding hydrogens is 864 g/mol. The first-order chi connectivity index (χ1) is 32.2. The normalized spacial score (nSPS) is 14.4. The predicted octanol–water partition coefficient (Wildman–Crippen LogP) is 8.58. The van der Waals surface area contributed by atoms with Gasteiger partial charge in [0.1, 0.15) is 24.7 Å². The van der Waals surface area contributed by atoms with E-state index < -0.39 is 5.91 Å². The number of nitrogens with two attached hydrogens (primary N) is 2. The first-order valence-corrected chi connectivity index (χ1v) is 23.2. The number of carbonyl (C=O) groups excluding carboxylic acids is 2. The van der Waals surface area contributed by atoms with Crippen LogP contribution in [0.1, 0.15) is 78.1 Å². The van der Waals surface area contributed by atoms with Crippen molar-refractivity contribution in [1.29, 1.82) is 0 Å². The Hall–Kier alpha value is -7.06. The van der Waals surface area contributed by atoms with E-state index in [9.17, 15) is 9.59 Å². The first-order valence-electron chi connectivity index (χ1n) is 22.8. The highest BCUT2D eigenvalue weighted by atomic mass is 35.5. The number of likely N-dealkylation sites (tertiary alicyclic amines) is 1. The van der Waals surface area contributed by atoms with E-state index in [1.807, 2.05) is 47.5 Å². The molecule has 1 spiro atoms. The summed E-state index contributed by atoms with van der Waals surface area (Å²) in [6.45, 7) is 15.2. The van der Waals surface area contributed by atoms with E-state index in [0.29, 0.717) is 63.8 Å². The van der Waals surface area contributed by atoms with Crippen LogP contribution in [0.4, 0.5) is 11.6 Å².